The van der Waals surface area contributed by atoms with Crippen LogP contribution in [0.25, 0.3) is 0 Å². The average Bonchev–Trinajstić information content (AvgIpc) is 3.59. The van der Waals surface area contributed by atoms with Crippen molar-refractivity contribution in [2.45, 2.75) is 96.4 Å². The Bertz CT molecular complexity index is 1390. The van der Waals surface area contributed by atoms with E-state index in [1.807, 2.05) is 42.4 Å². The number of hydrogen-bond donors (Lipinski definition) is 5. The fourth-order valence-electron chi connectivity index (χ4n) is 6.05. The van der Waals surface area contributed by atoms with Crippen molar-refractivity contribution in [2.24, 2.45) is 22.4 Å². The monoisotopic (exact) mass is 618 g/mol. The first-order valence-electron chi connectivity index (χ1n) is 16.3. The molecule has 0 saturated carbocycles. The zero-order valence-corrected chi connectivity index (χ0v) is 26.7. The highest BCUT2D eigenvalue weighted by atomic mass is 16.5. The Labute approximate surface area is 267 Å². The Morgan fingerprint density at radius 1 is 1.04 bits per heavy atom. The number of rotatable bonds is 19. The molecule has 2 aromatic rings. The van der Waals surface area contributed by atoms with Crippen molar-refractivity contribution >= 4 is 11.5 Å². The highest BCUT2D eigenvalue weighted by Crippen LogP contribution is 2.31. The van der Waals surface area contributed by atoms with E-state index >= 15 is 0 Å². The number of aryl methyl sites for hydroxylation is 1. The lowest BCUT2D eigenvalue weighted by atomic mass is 9.85. The van der Waals surface area contributed by atoms with Gasteiger partial charge in [0.15, 0.2) is 18.2 Å². The zero-order chi connectivity index (χ0) is 32.3. The van der Waals surface area contributed by atoms with Gasteiger partial charge in [-0.2, -0.15) is 0 Å². The second-order valence-electron chi connectivity index (χ2n) is 12.4. The van der Waals surface area contributed by atoms with Gasteiger partial charge in [-0.25, -0.2) is 0 Å². The van der Waals surface area contributed by atoms with Gasteiger partial charge in [-0.1, -0.05) is 69.9 Å². The van der Waals surface area contributed by atoms with Crippen molar-refractivity contribution < 1.29 is 24.9 Å². The molecule has 2 aliphatic rings. The van der Waals surface area contributed by atoms with Gasteiger partial charge in [0.25, 0.3) is 0 Å². The average molecular weight is 619 g/mol. The first kappa shape index (κ1) is 34.4. The molecule has 0 spiro atoms. The van der Waals surface area contributed by atoms with E-state index < -0.39 is 24.3 Å². The minimum atomic E-state index is -0.849. The van der Waals surface area contributed by atoms with Crippen LogP contribution in [0.5, 0.6) is 11.5 Å². The Morgan fingerprint density at radius 2 is 1.87 bits per heavy atom. The zero-order valence-electron chi connectivity index (χ0n) is 26.7. The molecule has 4 rings (SSSR count). The number of fused-ring (bicyclic) bond motifs is 1. The van der Waals surface area contributed by atoms with Gasteiger partial charge in [0.05, 0.1) is 30.6 Å². The quantitative estimate of drug-likeness (QED) is 0.108. The molecule has 7 N–H and O–H groups in total. The van der Waals surface area contributed by atoms with Crippen molar-refractivity contribution in [1.82, 2.24) is 4.90 Å². The number of aliphatic hydroxyl groups excluding tert-OH is 2. The van der Waals surface area contributed by atoms with Crippen LogP contribution in [0.4, 0.5) is 0 Å². The topological polar surface area (TPSA) is 155 Å². The molecule has 0 bridgehead atoms. The van der Waals surface area contributed by atoms with Crippen LogP contribution in [-0.2, 0) is 17.6 Å². The number of aromatic hydroxyl groups is 1. The van der Waals surface area contributed by atoms with Crippen molar-refractivity contribution in [3.05, 3.63) is 82.7 Å². The van der Waals surface area contributed by atoms with E-state index in [0.29, 0.717) is 38.0 Å². The minimum absolute atomic E-state index is 0.00955. The number of nitrogens with two attached hydrogens (primary N) is 2. The highest BCUT2D eigenvalue weighted by Gasteiger charge is 2.28. The van der Waals surface area contributed by atoms with Gasteiger partial charge in [-0.3, -0.25) is 9.79 Å². The lowest BCUT2D eigenvalue weighted by Gasteiger charge is -2.24. The molecule has 9 nitrogen and oxygen atoms in total. The van der Waals surface area contributed by atoms with Crippen LogP contribution in [0, 0.1) is 5.92 Å². The number of aliphatic hydroxyl groups is 2. The number of phenolic OH excluding ortho intramolecular Hbond substituents is 1. The van der Waals surface area contributed by atoms with Gasteiger partial charge in [-0.15, -0.1) is 0 Å². The normalized spacial score (nSPS) is 16.2. The van der Waals surface area contributed by atoms with E-state index in [-0.39, 0.29) is 31.1 Å². The largest absolute Gasteiger partial charge is 0.504 e. The van der Waals surface area contributed by atoms with E-state index in [1.54, 1.807) is 18.2 Å². The molecule has 9 heteroatoms. The third-order valence-electron chi connectivity index (χ3n) is 8.63. The first-order chi connectivity index (χ1) is 21.7. The molecule has 0 unspecified atom stereocenters. The molecular formula is C36H50N4O5. The van der Waals surface area contributed by atoms with Gasteiger partial charge in [0.1, 0.15) is 5.78 Å². The third kappa shape index (κ3) is 9.74. The number of aliphatic imine (C=N–C) groups is 1. The van der Waals surface area contributed by atoms with Crippen LogP contribution in [0.2, 0.25) is 0 Å². The number of benzene rings is 2. The van der Waals surface area contributed by atoms with E-state index in [2.05, 4.69) is 18.0 Å². The molecule has 2 heterocycles. The number of Topliss-reactive ketones (excluding diaryl/α,β-unsaturated/α-hetero) is 1. The number of ketones is 1. The summed E-state index contributed by atoms with van der Waals surface area (Å²) in [6, 6.07) is 13.1. The third-order valence-corrected chi connectivity index (χ3v) is 8.63. The van der Waals surface area contributed by atoms with E-state index in [9.17, 15) is 20.1 Å². The fraction of sp³-hybridized carbons (Fsp3) is 0.500. The Kier molecular flexibility index (Phi) is 12.8. The van der Waals surface area contributed by atoms with E-state index in [1.165, 1.54) is 0 Å². The minimum Gasteiger partial charge on any atom is -0.504 e. The number of unbranched alkanes of at least 4 members (excludes halogenated alkanes) is 2. The summed E-state index contributed by atoms with van der Waals surface area (Å²) in [5.74, 6) is -0.0889. The second kappa shape index (κ2) is 16.7. The summed E-state index contributed by atoms with van der Waals surface area (Å²) in [4.78, 5) is 19.9. The summed E-state index contributed by atoms with van der Waals surface area (Å²) in [6.45, 7) is 4.94. The molecule has 244 valence electrons. The molecule has 0 aromatic heterocycles. The van der Waals surface area contributed by atoms with Crippen LogP contribution < -0.4 is 16.2 Å². The summed E-state index contributed by atoms with van der Waals surface area (Å²) in [5.41, 5.74) is 17.7. The van der Waals surface area contributed by atoms with Gasteiger partial charge in [0, 0.05) is 30.3 Å². The summed E-state index contributed by atoms with van der Waals surface area (Å²) in [6.07, 6.45) is 8.64. The Hall–Kier alpha value is -3.50. The van der Waals surface area contributed by atoms with E-state index in [4.69, 9.17) is 16.2 Å². The first-order valence-corrected chi connectivity index (χ1v) is 16.3. The van der Waals surface area contributed by atoms with Gasteiger partial charge in [0.2, 0.25) is 0 Å². The highest BCUT2D eigenvalue weighted by molar-refractivity contribution is 6.09. The fourth-order valence-corrected chi connectivity index (χ4v) is 6.05. The molecule has 45 heavy (non-hydrogen) atoms. The van der Waals surface area contributed by atoms with Crippen molar-refractivity contribution in [2.75, 3.05) is 13.3 Å². The molecular weight excluding hydrogens is 568 g/mol. The van der Waals surface area contributed by atoms with Crippen molar-refractivity contribution in [1.29, 1.82) is 0 Å². The number of hydrogen-bond acceptors (Lipinski definition) is 9. The van der Waals surface area contributed by atoms with Crippen LogP contribution in [0.1, 0.15) is 88.1 Å². The number of carbonyl (C=O) groups excluding carboxylic acids is 1. The lowest BCUT2D eigenvalue weighted by molar-refractivity contribution is -0.127. The maximum Gasteiger partial charge on any atom is 0.163 e. The van der Waals surface area contributed by atoms with Crippen molar-refractivity contribution in [3.8, 4) is 11.5 Å². The molecule has 3 atom stereocenters. The van der Waals surface area contributed by atoms with Gasteiger partial charge >= 0.3 is 0 Å². The van der Waals surface area contributed by atoms with Gasteiger partial charge < -0.3 is 36.4 Å². The second-order valence-corrected chi connectivity index (χ2v) is 12.4. The Balaban J connectivity index is 1.32. The van der Waals surface area contributed by atoms with Gasteiger partial charge in [-0.05, 0) is 66.5 Å². The molecule has 0 aliphatic carbocycles. The van der Waals surface area contributed by atoms with Crippen LogP contribution in [0.15, 0.2) is 71.0 Å². The molecule has 0 fully saturated rings. The Morgan fingerprint density at radius 3 is 2.62 bits per heavy atom. The number of carbonyl (C=O) groups is 1. The molecule has 0 radical (unpaired) electrons. The van der Waals surface area contributed by atoms with Crippen LogP contribution in [-0.4, -0.2) is 57.2 Å². The molecule has 0 amide bonds. The summed E-state index contributed by atoms with van der Waals surface area (Å²) in [5, 5.41) is 31.6. The SMILES string of the molecule is CCCCC[C@H](C(=O)CCc1ccc(O)c(OCN2C=C3C(Cc4cccc(C(N)N)c4)=CN=C3C2)c1)[C@H](O)C[C@H](O)CCC. The number of phenols is 1. The van der Waals surface area contributed by atoms with E-state index in [0.717, 1.165) is 59.2 Å². The maximum atomic E-state index is 13.3. The predicted molar refractivity (Wildman–Crippen MR) is 178 cm³/mol. The standard InChI is InChI=1S/C36H50N4O5/c1-3-5-6-11-29(34(44)19-28(41)8-4-2)32(42)14-12-24-13-15-33(43)35(18-24)45-23-40-21-30-27(20-39-31(30)22-40)17-25-9-7-10-26(16-25)36(37)38/h7,9-10,13,15-16,18,20-21,28-29,34,36,41,43-44H,3-6,8,11-12,14,17,19,22-23,37-38H2,1-2H3/t28-,29-,34-/m1/s1. The molecule has 0 saturated heterocycles. The summed E-state index contributed by atoms with van der Waals surface area (Å²) < 4.78 is 6.02. The van der Waals surface area contributed by atoms with Crippen LogP contribution >= 0.6 is 0 Å². The summed E-state index contributed by atoms with van der Waals surface area (Å²) >= 11 is 0. The lowest BCUT2D eigenvalue weighted by Crippen LogP contribution is -2.32. The van der Waals surface area contributed by atoms with Crippen molar-refractivity contribution in [3.63, 3.8) is 0 Å². The summed E-state index contributed by atoms with van der Waals surface area (Å²) in [7, 11) is 0. The molecule has 2 aromatic carbocycles. The number of ether oxygens (including phenoxy) is 1. The number of nitrogens with zero attached hydrogens (tertiary/aromatic N) is 2. The maximum absolute atomic E-state index is 13.3. The molecule has 2 aliphatic heterocycles. The number of allylic oxidation sites excluding steroid dienone is 1. The smallest absolute Gasteiger partial charge is 0.163 e. The predicted octanol–water partition coefficient (Wildman–Crippen LogP) is 5.04. The van der Waals surface area contributed by atoms with Crippen LogP contribution in [0.3, 0.4) is 0 Å².